The van der Waals surface area contributed by atoms with Gasteiger partial charge in [-0.1, -0.05) is 48.5 Å². The van der Waals surface area contributed by atoms with E-state index in [9.17, 15) is 4.79 Å². The summed E-state index contributed by atoms with van der Waals surface area (Å²) in [6, 6.07) is 15.9. The molecule has 0 fully saturated rings. The summed E-state index contributed by atoms with van der Waals surface area (Å²) in [6.45, 7) is 0. The predicted molar refractivity (Wildman–Crippen MR) is 78.4 cm³/mol. The van der Waals surface area contributed by atoms with Crippen LogP contribution in [0.25, 0.3) is 11.1 Å². The lowest BCUT2D eigenvalue weighted by molar-refractivity contribution is -0.148. The molecule has 0 aromatic heterocycles. The molecule has 0 saturated heterocycles. The van der Waals surface area contributed by atoms with Crippen molar-refractivity contribution in [1.29, 1.82) is 0 Å². The minimum absolute atomic E-state index is 0.0580. The van der Waals surface area contributed by atoms with Crippen molar-refractivity contribution in [3.8, 4) is 11.1 Å². The van der Waals surface area contributed by atoms with E-state index in [1.807, 2.05) is 48.5 Å². The summed E-state index contributed by atoms with van der Waals surface area (Å²) in [7, 11) is 5.11. The maximum absolute atomic E-state index is 12.8. The van der Waals surface area contributed by atoms with Crippen molar-refractivity contribution in [1.82, 2.24) is 4.90 Å². The number of carbonyl (C=O) groups excluding carboxylic acids is 1. The smallest absolute Gasteiger partial charge is 0.263 e. The highest BCUT2D eigenvalue weighted by molar-refractivity contribution is 5.98. The molecule has 0 bridgehead atoms. The average Bonchev–Trinajstić information content (AvgIpc) is 2.78. The highest BCUT2D eigenvalue weighted by Gasteiger charge is 2.50. The van der Waals surface area contributed by atoms with E-state index < -0.39 is 5.60 Å². The van der Waals surface area contributed by atoms with E-state index in [1.165, 1.54) is 0 Å². The van der Waals surface area contributed by atoms with Gasteiger partial charge in [0.05, 0.1) is 0 Å². The summed E-state index contributed by atoms with van der Waals surface area (Å²) < 4.78 is 5.78. The Morgan fingerprint density at radius 3 is 1.80 bits per heavy atom. The first-order valence-electron chi connectivity index (χ1n) is 6.59. The normalized spacial score (nSPS) is 14.6. The lowest BCUT2D eigenvalue weighted by Gasteiger charge is -2.31. The fraction of sp³-hybridized carbons (Fsp3) is 0.235. The summed E-state index contributed by atoms with van der Waals surface area (Å²) in [6.07, 6.45) is 0. The lowest BCUT2D eigenvalue weighted by Crippen LogP contribution is -2.44. The molecule has 0 unspecified atom stereocenters. The Bertz CT molecular complexity index is 631. The van der Waals surface area contributed by atoms with E-state index in [1.54, 1.807) is 26.1 Å². The van der Waals surface area contributed by atoms with Gasteiger partial charge in [0.2, 0.25) is 0 Å². The zero-order chi connectivity index (χ0) is 14.3. The Morgan fingerprint density at radius 2 is 1.40 bits per heavy atom. The molecule has 3 rings (SSSR count). The fourth-order valence-electron chi connectivity index (χ4n) is 3.05. The Labute approximate surface area is 118 Å². The fourth-order valence-corrected chi connectivity index (χ4v) is 3.05. The molecule has 102 valence electrons. The number of benzene rings is 2. The van der Waals surface area contributed by atoms with Crippen LogP contribution in [-0.4, -0.2) is 32.0 Å². The first-order valence-corrected chi connectivity index (χ1v) is 6.59. The monoisotopic (exact) mass is 267 g/mol. The van der Waals surface area contributed by atoms with E-state index in [4.69, 9.17) is 4.74 Å². The summed E-state index contributed by atoms with van der Waals surface area (Å²) in [5.74, 6) is -0.0580. The van der Waals surface area contributed by atoms with Crippen LogP contribution in [0.2, 0.25) is 0 Å². The van der Waals surface area contributed by atoms with Crippen LogP contribution in [0, 0.1) is 0 Å². The Kier molecular flexibility index (Phi) is 2.87. The quantitative estimate of drug-likeness (QED) is 0.837. The number of likely N-dealkylation sites (N-methyl/N-ethyl adjacent to an activating group) is 1. The van der Waals surface area contributed by atoms with Gasteiger partial charge in [0.15, 0.2) is 5.60 Å². The molecule has 3 nitrogen and oxygen atoms in total. The zero-order valence-corrected chi connectivity index (χ0v) is 11.9. The van der Waals surface area contributed by atoms with Crippen molar-refractivity contribution >= 4 is 5.91 Å². The van der Waals surface area contributed by atoms with Gasteiger partial charge in [0.1, 0.15) is 0 Å². The molecule has 0 saturated carbocycles. The summed E-state index contributed by atoms with van der Waals surface area (Å²) in [5.41, 5.74) is 2.95. The van der Waals surface area contributed by atoms with Crippen LogP contribution in [0.3, 0.4) is 0 Å². The molecule has 0 atom stereocenters. The number of fused-ring (bicyclic) bond motifs is 3. The van der Waals surface area contributed by atoms with Crippen molar-refractivity contribution < 1.29 is 9.53 Å². The Morgan fingerprint density at radius 1 is 0.950 bits per heavy atom. The van der Waals surface area contributed by atoms with Crippen LogP contribution < -0.4 is 0 Å². The first-order chi connectivity index (χ1) is 9.63. The molecule has 0 aliphatic heterocycles. The first kappa shape index (κ1) is 12.9. The van der Waals surface area contributed by atoms with E-state index >= 15 is 0 Å². The van der Waals surface area contributed by atoms with Gasteiger partial charge in [0.25, 0.3) is 5.91 Å². The van der Waals surface area contributed by atoms with Crippen molar-refractivity contribution in [2.75, 3.05) is 21.2 Å². The number of methoxy groups -OCH3 is 1. The average molecular weight is 267 g/mol. The van der Waals surface area contributed by atoms with Crippen LogP contribution in [0.1, 0.15) is 11.1 Å². The predicted octanol–water partition coefficient (Wildman–Crippen LogP) is 2.65. The molecule has 0 N–H and O–H groups in total. The molecular formula is C17H17NO2. The molecule has 0 radical (unpaired) electrons. The third kappa shape index (κ3) is 1.47. The van der Waals surface area contributed by atoms with Gasteiger partial charge in [-0.2, -0.15) is 0 Å². The minimum Gasteiger partial charge on any atom is -0.359 e. The maximum Gasteiger partial charge on any atom is 0.263 e. The Hall–Kier alpha value is -2.13. The number of hydrogen-bond donors (Lipinski definition) is 0. The number of rotatable bonds is 2. The molecule has 0 heterocycles. The molecule has 0 spiro atoms. The second-order valence-corrected chi connectivity index (χ2v) is 5.18. The van der Waals surface area contributed by atoms with Gasteiger partial charge < -0.3 is 9.64 Å². The van der Waals surface area contributed by atoms with Crippen LogP contribution in [-0.2, 0) is 15.1 Å². The summed E-state index contributed by atoms with van der Waals surface area (Å²) in [4.78, 5) is 14.4. The van der Waals surface area contributed by atoms with E-state index in [0.717, 1.165) is 22.3 Å². The van der Waals surface area contributed by atoms with E-state index in [0.29, 0.717) is 0 Å². The van der Waals surface area contributed by atoms with Crippen molar-refractivity contribution in [2.24, 2.45) is 0 Å². The van der Waals surface area contributed by atoms with Gasteiger partial charge in [-0.25, -0.2) is 0 Å². The standard InChI is InChI=1S/C17H17NO2/c1-18(2)16(19)17(20-3)14-10-6-4-8-12(14)13-9-5-7-11-15(13)17/h4-11H,1-3H3. The maximum atomic E-state index is 12.8. The summed E-state index contributed by atoms with van der Waals surface area (Å²) in [5, 5.41) is 0. The second kappa shape index (κ2) is 4.46. The van der Waals surface area contributed by atoms with E-state index in [2.05, 4.69) is 0 Å². The topological polar surface area (TPSA) is 29.5 Å². The van der Waals surface area contributed by atoms with Crippen LogP contribution in [0.4, 0.5) is 0 Å². The van der Waals surface area contributed by atoms with Gasteiger partial charge >= 0.3 is 0 Å². The number of amides is 1. The van der Waals surface area contributed by atoms with Crippen molar-refractivity contribution in [2.45, 2.75) is 5.60 Å². The summed E-state index contributed by atoms with van der Waals surface area (Å²) >= 11 is 0. The van der Waals surface area contributed by atoms with Gasteiger partial charge in [0, 0.05) is 32.3 Å². The van der Waals surface area contributed by atoms with Crippen LogP contribution in [0.5, 0.6) is 0 Å². The Balaban J connectivity index is 2.37. The minimum atomic E-state index is -1.03. The zero-order valence-electron chi connectivity index (χ0n) is 11.9. The highest BCUT2D eigenvalue weighted by Crippen LogP contribution is 2.49. The SMILES string of the molecule is COC1(C(=O)N(C)C)c2ccccc2-c2ccccc21. The lowest BCUT2D eigenvalue weighted by atomic mass is 9.89. The third-order valence-electron chi connectivity index (χ3n) is 3.92. The molecule has 3 heteroatoms. The van der Waals surface area contributed by atoms with Crippen molar-refractivity contribution in [3.05, 3.63) is 59.7 Å². The number of carbonyl (C=O) groups is 1. The third-order valence-corrected chi connectivity index (χ3v) is 3.92. The molecule has 1 aliphatic rings. The molecule has 1 amide bonds. The van der Waals surface area contributed by atoms with Gasteiger partial charge in [-0.05, 0) is 11.1 Å². The molecule has 2 aromatic rings. The van der Waals surface area contributed by atoms with Crippen LogP contribution >= 0.6 is 0 Å². The molecular weight excluding hydrogens is 250 g/mol. The second-order valence-electron chi connectivity index (χ2n) is 5.18. The van der Waals surface area contributed by atoms with Crippen molar-refractivity contribution in [3.63, 3.8) is 0 Å². The number of nitrogens with zero attached hydrogens (tertiary/aromatic N) is 1. The van der Waals surface area contributed by atoms with Crippen LogP contribution in [0.15, 0.2) is 48.5 Å². The molecule has 2 aromatic carbocycles. The van der Waals surface area contributed by atoms with E-state index in [-0.39, 0.29) is 5.91 Å². The largest absolute Gasteiger partial charge is 0.359 e. The number of hydrogen-bond acceptors (Lipinski definition) is 2. The van der Waals surface area contributed by atoms with Gasteiger partial charge in [-0.3, -0.25) is 4.79 Å². The highest BCUT2D eigenvalue weighted by atomic mass is 16.5. The number of ether oxygens (including phenoxy) is 1. The van der Waals surface area contributed by atoms with Gasteiger partial charge in [-0.15, -0.1) is 0 Å². The molecule has 1 aliphatic carbocycles. The molecule has 20 heavy (non-hydrogen) atoms.